The summed E-state index contributed by atoms with van der Waals surface area (Å²) in [6.45, 7) is 5.49. The lowest BCUT2D eigenvalue weighted by Crippen LogP contribution is -2.27. The minimum atomic E-state index is -4.39. The average Bonchev–Trinajstić information content (AvgIpc) is 3.38. The highest BCUT2D eigenvalue weighted by Gasteiger charge is 2.36. The standard InChI is InChI=1S/C20H20Cl2N4O5S2/c1-10(2)26-18(27)7-15(24-26)12(20-23-11(3)8-31-20)4-19-25(9-33(28,29)30)16-5-13(21)14(22)6-17(16)32-19/h4-6,8,10,12H,7,9H2,1-3H3,(H,28,29,30). The first-order valence-electron chi connectivity index (χ1n) is 9.86. The Labute approximate surface area is 205 Å². The molecule has 0 spiro atoms. The molecule has 4 rings (SSSR count). The first-order chi connectivity index (χ1) is 15.4. The summed E-state index contributed by atoms with van der Waals surface area (Å²) in [6.07, 6.45) is 3.28. The van der Waals surface area contributed by atoms with Crippen LogP contribution in [0.4, 0.5) is 5.69 Å². The van der Waals surface area contributed by atoms with E-state index >= 15 is 0 Å². The minimum absolute atomic E-state index is 0.0711. The first-order valence-corrected chi connectivity index (χ1v) is 13.0. The molecule has 0 saturated carbocycles. The molecule has 176 valence electrons. The molecule has 13 heteroatoms. The van der Waals surface area contributed by atoms with E-state index < -0.39 is 21.9 Å². The van der Waals surface area contributed by atoms with Crippen LogP contribution in [0.1, 0.15) is 37.8 Å². The molecule has 0 fully saturated rings. The van der Waals surface area contributed by atoms with Crippen molar-refractivity contribution in [3.63, 3.8) is 0 Å². The number of carbonyl (C=O) groups excluding carboxylic acids is 1. The van der Waals surface area contributed by atoms with E-state index in [1.165, 1.54) is 27.9 Å². The van der Waals surface area contributed by atoms with E-state index in [4.69, 9.17) is 27.6 Å². The number of aryl methyl sites for hydroxylation is 1. The van der Waals surface area contributed by atoms with Crippen molar-refractivity contribution < 1.29 is 22.2 Å². The Morgan fingerprint density at radius 2 is 2.00 bits per heavy atom. The van der Waals surface area contributed by atoms with Crippen LogP contribution in [0.5, 0.6) is 0 Å². The number of fused-ring (bicyclic) bond motifs is 1. The molecule has 0 aliphatic carbocycles. The highest BCUT2D eigenvalue weighted by molar-refractivity contribution is 8.03. The number of benzene rings is 1. The monoisotopic (exact) mass is 530 g/mol. The maximum atomic E-state index is 12.5. The topological polar surface area (TPSA) is 116 Å². The summed E-state index contributed by atoms with van der Waals surface area (Å²) in [7, 11) is -4.39. The molecular formula is C20H20Cl2N4O5S2. The molecule has 0 bridgehead atoms. The molecule has 2 aliphatic heterocycles. The molecule has 1 aromatic heterocycles. The van der Waals surface area contributed by atoms with Gasteiger partial charge in [0, 0.05) is 10.9 Å². The Morgan fingerprint density at radius 3 is 2.58 bits per heavy atom. The zero-order chi connectivity index (χ0) is 24.1. The van der Waals surface area contributed by atoms with Gasteiger partial charge in [0.1, 0.15) is 6.26 Å². The van der Waals surface area contributed by atoms with Gasteiger partial charge in [-0.2, -0.15) is 13.5 Å². The van der Waals surface area contributed by atoms with E-state index in [1.54, 1.807) is 25.1 Å². The zero-order valence-corrected chi connectivity index (χ0v) is 21.0. The number of thioether (sulfide) groups is 1. The number of amides is 1. The predicted octanol–water partition coefficient (Wildman–Crippen LogP) is 4.67. The van der Waals surface area contributed by atoms with Crippen LogP contribution < -0.4 is 4.90 Å². The van der Waals surface area contributed by atoms with Crippen LogP contribution in [0.15, 0.2) is 43.9 Å². The van der Waals surface area contributed by atoms with Gasteiger partial charge < -0.3 is 9.32 Å². The van der Waals surface area contributed by atoms with Gasteiger partial charge in [-0.05, 0) is 39.0 Å². The molecule has 1 amide bonds. The van der Waals surface area contributed by atoms with Crippen LogP contribution in [0.25, 0.3) is 0 Å². The molecule has 1 N–H and O–H groups in total. The number of hydrogen-bond donors (Lipinski definition) is 1. The second-order valence-electron chi connectivity index (χ2n) is 7.89. The summed E-state index contributed by atoms with van der Waals surface area (Å²) >= 11 is 13.6. The van der Waals surface area contributed by atoms with Crippen LogP contribution in [-0.2, 0) is 14.9 Å². The average molecular weight is 531 g/mol. The van der Waals surface area contributed by atoms with E-state index in [2.05, 4.69) is 10.1 Å². The second-order valence-corrected chi connectivity index (χ2v) is 11.2. The molecular weight excluding hydrogens is 511 g/mol. The van der Waals surface area contributed by atoms with Crippen molar-refractivity contribution in [1.82, 2.24) is 9.99 Å². The third-order valence-electron chi connectivity index (χ3n) is 4.95. The van der Waals surface area contributed by atoms with Gasteiger partial charge in [-0.25, -0.2) is 9.99 Å². The number of nitrogens with zero attached hydrogens (tertiary/aromatic N) is 4. The molecule has 33 heavy (non-hydrogen) atoms. The smallest absolute Gasteiger partial charge is 0.283 e. The molecule has 2 aromatic rings. The van der Waals surface area contributed by atoms with Gasteiger partial charge in [-0.1, -0.05) is 35.0 Å². The van der Waals surface area contributed by atoms with Gasteiger partial charge >= 0.3 is 0 Å². The van der Waals surface area contributed by atoms with Crippen molar-refractivity contribution in [3.8, 4) is 0 Å². The molecule has 2 aliphatic rings. The number of allylic oxidation sites excluding steroid dienone is 1. The van der Waals surface area contributed by atoms with E-state index in [0.29, 0.717) is 37.9 Å². The normalized spacial score (nSPS) is 18.5. The lowest BCUT2D eigenvalue weighted by Gasteiger charge is -2.20. The molecule has 1 unspecified atom stereocenters. The number of rotatable bonds is 6. The lowest BCUT2D eigenvalue weighted by molar-refractivity contribution is -0.130. The highest BCUT2D eigenvalue weighted by atomic mass is 35.5. The number of aromatic nitrogens is 1. The number of anilines is 1. The van der Waals surface area contributed by atoms with E-state index in [-0.39, 0.29) is 23.4 Å². The van der Waals surface area contributed by atoms with Gasteiger partial charge in [0.15, 0.2) is 5.88 Å². The van der Waals surface area contributed by atoms with Crippen LogP contribution in [0.2, 0.25) is 10.0 Å². The number of oxazole rings is 1. The number of halogens is 2. The fraction of sp³-hybridized carbons (Fsp3) is 0.350. The Kier molecular flexibility index (Phi) is 6.53. The zero-order valence-electron chi connectivity index (χ0n) is 17.8. The van der Waals surface area contributed by atoms with E-state index in [9.17, 15) is 17.8 Å². The summed E-state index contributed by atoms with van der Waals surface area (Å²) in [5.41, 5.74) is 1.64. The lowest BCUT2D eigenvalue weighted by atomic mass is 10.0. The van der Waals surface area contributed by atoms with E-state index in [0.717, 1.165) is 0 Å². The Hall–Kier alpha value is -2.05. The third kappa shape index (κ3) is 5.07. The van der Waals surface area contributed by atoms with Crippen molar-refractivity contribution in [1.29, 1.82) is 0 Å². The molecule has 1 aromatic carbocycles. The fourth-order valence-electron chi connectivity index (χ4n) is 3.53. The summed E-state index contributed by atoms with van der Waals surface area (Å²) < 4.78 is 38.8. The molecule has 3 heterocycles. The van der Waals surface area contributed by atoms with Crippen LogP contribution in [0, 0.1) is 6.92 Å². The Morgan fingerprint density at radius 1 is 1.30 bits per heavy atom. The van der Waals surface area contributed by atoms with Crippen molar-refractivity contribution >= 4 is 62.4 Å². The van der Waals surface area contributed by atoms with Gasteiger partial charge in [0.2, 0.25) is 11.8 Å². The molecule has 0 saturated heterocycles. The van der Waals surface area contributed by atoms with Crippen LogP contribution in [-0.4, -0.2) is 46.5 Å². The Bertz CT molecular complexity index is 1290. The molecule has 0 radical (unpaired) electrons. The quantitative estimate of drug-likeness (QED) is 0.535. The number of hydrazone groups is 1. The minimum Gasteiger partial charge on any atom is -0.448 e. The first kappa shape index (κ1) is 24.1. The number of hydrogen-bond acceptors (Lipinski definition) is 8. The van der Waals surface area contributed by atoms with Crippen molar-refractivity contribution in [3.05, 3.63) is 51.1 Å². The van der Waals surface area contributed by atoms with Crippen LogP contribution in [0.3, 0.4) is 0 Å². The number of carbonyl (C=O) groups is 1. The maximum Gasteiger partial charge on any atom is 0.283 e. The predicted molar refractivity (Wildman–Crippen MR) is 127 cm³/mol. The van der Waals surface area contributed by atoms with Gasteiger partial charge in [0.25, 0.3) is 10.1 Å². The largest absolute Gasteiger partial charge is 0.448 e. The third-order valence-corrected chi connectivity index (χ3v) is 7.37. The maximum absolute atomic E-state index is 12.5. The van der Waals surface area contributed by atoms with Crippen molar-refractivity contribution in [2.24, 2.45) is 5.10 Å². The van der Waals surface area contributed by atoms with Gasteiger partial charge in [-0.15, -0.1) is 0 Å². The molecule has 9 nitrogen and oxygen atoms in total. The Balaban J connectivity index is 1.82. The second kappa shape index (κ2) is 8.95. The SMILES string of the molecule is Cc1coc(C(C=C2Sc3cc(Cl)c(Cl)cc3N2CS(=O)(=O)O)C2=NN(C(C)C)C(=O)C2)n1. The van der Waals surface area contributed by atoms with Gasteiger partial charge in [0.05, 0.1) is 44.5 Å². The van der Waals surface area contributed by atoms with Crippen molar-refractivity contribution in [2.45, 2.75) is 44.0 Å². The highest BCUT2D eigenvalue weighted by Crippen LogP contribution is 2.50. The summed E-state index contributed by atoms with van der Waals surface area (Å²) in [5.74, 6) is -1.17. The summed E-state index contributed by atoms with van der Waals surface area (Å²) in [4.78, 5) is 19.0. The van der Waals surface area contributed by atoms with Crippen molar-refractivity contribution in [2.75, 3.05) is 10.8 Å². The van der Waals surface area contributed by atoms with E-state index in [1.807, 2.05) is 13.8 Å². The summed E-state index contributed by atoms with van der Waals surface area (Å²) in [5, 5.41) is 6.93. The van der Waals surface area contributed by atoms with Crippen LogP contribution >= 0.6 is 35.0 Å². The summed E-state index contributed by atoms with van der Waals surface area (Å²) in [6, 6.07) is 3.04. The molecule has 1 atom stereocenters. The fourth-order valence-corrected chi connectivity index (χ4v) is 5.75. The van der Waals surface area contributed by atoms with Gasteiger partial charge in [-0.3, -0.25) is 9.35 Å².